The molecule has 78 valence electrons. The summed E-state index contributed by atoms with van der Waals surface area (Å²) in [5.74, 6) is -0.763. The second-order valence-electron chi connectivity index (χ2n) is 3.04. The molecule has 2 heterocycles. The van der Waals surface area contributed by atoms with Crippen LogP contribution in [0.5, 0.6) is 5.88 Å². The van der Waals surface area contributed by atoms with E-state index in [1.807, 2.05) is 6.92 Å². The summed E-state index contributed by atoms with van der Waals surface area (Å²) in [5.41, 5.74) is 1.55. The van der Waals surface area contributed by atoms with Gasteiger partial charge in [0.05, 0.1) is 11.9 Å². The highest BCUT2D eigenvalue weighted by molar-refractivity contribution is 5.68. The molecule has 6 heteroatoms. The summed E-state index contributed by atoms with van der Waals surface area (Å²) in [6.07, 6.45) is 1.74. The van der Waals surface area contributed by atoms with Crippen molar-refractivity contribution in [2.45, 2.75) is 6.92 Å². The first-order valence-corrected chi connectivity index (χ1v) is 4.33. The molecular weight excluding hydrogens is 198 g/mol. The molecule has 0 aliphatic heterocycles. The molecule has 0 spiro atoms. The summed E-state index contributed by atoms with van der Waals surface area (Å²) in [4.78, 5) is 14.4. The summed E-state index contributed by atoms with van der Waals surface area (Å²) in [5, 5.41) is 12.5. The topological polar surface area (TPSA) is 76.7 Å². The third kappa shape index (κ3) is 2.04. The Kier molecular flexibility index (Phi) is 2.24. The quantitative estimate of drug-likeness (QED) is 0.793. The number of ether oxygens (including phenoxy) is 1. The van der Waals surface area contributed by atoms with E-state index in [0.29, 0.717) is 5.65 Å². The fourth-order valence-corrected chi connectivity index (χ4v) is 1.20. The van der Waals surface area contributed by atoms with Crippen molar-refractivity contribution in [3.05, 3.63) is 24.0 Å². The number of rotatable bonds is 3. The second kappa shape index (κ2) is 3.56. The third-order valence-corrected chi connectivity index (χ3v) is 1.76. The molecule has 0 amide bonds. The maximum atomic E-state index is 10.3. The third-order valence-electron chi connectivity index (χ3n) is 1.76. The van der Waals surface area contributed by atoms with Crippen LogP contribution in [0.2, 0.25) is 0 Å². The van der Waals surface area contributed by atoms with E-state index >= 15 is 0 Å². The number of aliphatic carboxylic acids is 1. The van der Waals surface area contributed by atoms with Crippen LogP contribution >= 0.6 is 0 Å². The van der Waals surface area contributed by atoms with Crippen LogP contribution in [-0.2, 0) is 4.79 Å². The zero-order valence-corrected chi connectivity index (χ0v) is 8.04. The van der Waals surface area contributed by atoms with Gasteiger partial charge in [0.25, 0.3) is 0 Å². The molecule has 0 fully saturated rings. The Morgan fingerprint density at radius 1 is 1.60 bits per heavy atom. The van der Waals surface area contributed by atoms with Crippen molar-refractivity contribution in [3.8, 4) is 5.88 Å². The van der Waals surface area contributed by atoms with Crippen LogP contribution in [0.15, 0.2) is 18.3 Å². The number of imidazole rings is 1. The van der Waals surface area contributed by atoms with Crippen LogP contribution in [0.4, 0.5) is 0 Å². The lowest BCUT2D eigenvalue weighted by Crippen LogP contribution is -2.10. The van der Waals surface area contributed by atoms with Crippen molar-refractivity contribution in [1.29, 1.82) is 0 Å². The van der Waals surface area contributed by atoms with E-state index in [1.165, 1.54) is 0 Å². The largest absolute Gasteiger partial charge is 0.479 e. The summed E-state index contributed by atoms with van der Waals surface area (Å²) < 4.78 is 6.47. The fourth-order valence-electron chi connectivity index (χ4n) is 1.20. The predicted octanol–water partition coefficient (Wildman–Crippen LogP) is 0.501. The molecule has 0 aliphatic rings. The Labute approximate surface area is 85.1 Å². The standard InChI is InChI=1S/C9H9N3O3/c1-6-4-12-7(10-6)2-3-8(11-12)15-5-9(13)14/h2-4H,5H2,1H3,(H,13,14). The fraction of sp³-hybridized carbons (Fsp3) is 0.222. The number of nitrogens with zero attached hydrogens (tertiary/aromatic N) is 3. The van der Waals surface area contributed by atoms with Gasteiger partial charge < -0.3 is 9.84 Å². The number of hydrogen-bond acceptors (Lipinski definition) is 4. The number of carboxylic acid groups (broad SMARTS) is 1. The average molecular weight is 207 g/mol. The highest BCUT2D eigenvalue weighted by Crippen LogP contribution is 2.09. The molecule has 2 rings (SSSR count). The first kappa shape index (κ1) is 9.45. The lowest BCUT2D eigenvalue weighted by molar-refractivity contribution is -0.139. The molecule has 0 radical (unpaired) electrons. The van der Waals surface area contributed by atoms with E-state index in [9.17, 15) is 4.79 Å². The van der Waals surface area contributed by atoms with Gasteiger partial charge in [0.2, 0.25) is 5.88 Å². The van der Waals surface area contributed by atoms with E-state index in [0.717, 1.165) is 5.69 Å². The molecule has 0 unspecified atom stereocenters. The normalized spacial score (nSPS) is 10.5. The number of hydrogen-bond donors (Lipinski definition) is 1. The molecule has 0 aromatic carbocycles. The summed E-state index contributed by atoms with van der Waals surface area (Å²) in [6, 6.07) is 3.31. The molecule has 0 atom stereocenters. The van der Waals surface area contributed by atoms with Crippen molar-refractivity contribution >= 4 is 11.6 Å². The van der Waals surface area contributed by atoms with Crippen molar-refractivity contribution in [1.82, 2.24) is 14.6 Å². The van der Waals surface area contributed by atoms with Gasteiger partial charge in [-0.05, 0) is 13.0 Å². The van der Waals surface area contributed by atoms with Gasteiger partial charge in [-0.3, -0.25) is 0 Å². The number of aryl methyl sites for hydroxylation is 1. The van der Waals surface area contributed by atoms with Gasteiger partial charge in [-0.1, -0.05) is 0 Å². The van der Waals surface area contributed by atoms with Gasteiger partial charge in [-0.25, -0.2) is 14.3 Å². The van der Waals surface area contributed by atoms with E-state index in [-0.39, 0.29) is 5.88 Å². The smallest absolute Gasteiger partial charge is 0.341 e. The van der Waals surface area contributed by atoms with Gasteiger partial charge in [-0.2, -0.15) is 0 Å². The van der Waals surface area contributed by atoms with Crippen molar-refractivity contribution in [3.63, 3.8) is 0 Å². The van der Waals surface area contributed by atoms with Gasteiger partial charge in [-0.15, -0.1) is 5.10 Å². The minimum Gasteiger partial charge on any atom is -0.479 e. The summed E-state index contributed by atoms with van der Waals surface area (Å²) in [7, 11) is 0. The number of carbonyl (C=O) groups is 1. The number of carboxylic acids is 1. The lowest BCUT2D eigenvalue weighted by Gasteiger charge is -2.01. The van der Waals surface area contributed by atoms with Gasteiger partial charge >= 0.3 is 5.97 Å². The van der Waals surface area contributed by atoms with Gasteiger partial charge in [0, 0.05) is 6.07 Å². The van der Waals surface area contributed by atoms with Gasteiger partial charge in [0.1, 0.15) is 0 Å². The van der Waals surface area contributed by atoms with Crippen molar-refractivity contribution in [2.24, 2.45) is 0 Å². The molecule has 2 aromatic heterocycles. The molecular formula is C9H9N3O3. The second-order valence-corrected chi connectivity index (χ2v) is 3.04. The van der Waals surface area contributed by atoms with Crippen molar-refractivity contribution < 1.29 is 14.6 Å². The molecule has 0 saturated heterocycles. The molecule has 1 N–H and O–H groups in total. The van der Waals surface area contributed by atoms with Crippen LogP contribution in [0.25, 0.3) is 5.65 Å². The zero-order chi connectivity index (χ0) is 10.8. The van der Waals surface area contributed by atoms with E-state index in [1.54, 1.807) is 22.8 Å². The average Bonchev–Trinajstić information content (AvgIpc) is 2.53. The predicted molar refractivity (Wildman–Crippen MR) is 50.9 cm³/mol. The molecule has 0 saturated carbocycles. The minimum absolute atomic E-state index is 0.266. The molecule has 0 aliphatic carbocycles. The number of aromatic nitrogens is 3. The molecule has 6 nitrogen and oxygen atoms in total. The van der Waals surface area contributed by atoms with E-state index < -0.39 is 12.6 Å². The zero-order valence-electron chi connectivity index (χ0n) is 8.04. The maximum Gasteiger partial charge on any atom is 0.341 e. The van der Waals surface area contributed by atoms with Crippen LogP contribution < -0.4 is 4.74 Å². The summed E-state index contributed by atoms with van der Waals surface area (Å²) >= 11 is 0. The molecule has 0 bridgehead atoms. The van der Waals surface area contributed by atoms with Crippen LogP contribution in [0.1, 0.15) is 5.69 Å². The van der Waals surface area contributed by atoms with E-state index in [2.05, 4.69) is 10.1 Å². The van der Waals surface area contributed by atoms with E-state index in [4.69, 9.17) is 9.84 Å². The molecule has 2 aromatic rings. The first-order chi connectivity index (χ1) is 7.15. The monoisotopic (exact) mass is 207 g/mol. The summed E-state index contributed by atoms with van der Waals surface area (Å²) in [6.45, 7) is 1.46. The Hall–Kier alpha value is -2.11. The number of fused-ring (bicyclic) bond motifs is 1. The Morgan fingerprint density at radius 2 is 2.40 bits per heavy atom. The van der Waals surface area contributed by atoms with Crippen molar-refractivity contribution in [2.75, 3.05) is 6.61 Å². The minimum atomic E-state index is -1.03. The SMILES string of the molecule is Cc1cn2nc(OCC(=O)O)ccc2n1. The van der Waals surface area contributed by atoms with Crippen LogP contribution in [0, 0.1) is 6.92 Å². The highest BCUT2D eigenvalue weighted by Gasteiger charge is 2.03. The Bertz CT molecular complexity index is 506. The van der Waals surface area contributed by atoms with Gasteiger partial charge in [0.15, 0.2) is 12.3 Å². The Morgan fingerprint density at radius 3 is 3.13 bits per heavy atom. The van der Waals surface area contributed by atoms with Crippen LogP contribution in [-0.4, -0.2) is 32.3 Å². The first-order valence-electron chi connectivity index (χ1n) is 4.33. The van der Waals surface area contributed by atoms with Crippen LogP contribution in [0.3, 0.4) is 0 Å². The highest BCUT2D eigenvalue weighted by atomic mass is 16.5. The Balaban J connectivity index is 2.26. The lowest BCUT2D eigenvalue weighted by atomic mass is 10.5. The maximum absolute atomic E-state index is 10.3. The molecule has 15 heavy (non-hydrogen) atoms.